The maximum atomic E-state index is 12.3. The second-order valence-electron chi connectivity index (χ2n) is 5.25. The van der Waals surface area contributed by atoms with Gasteiger partial charge in [-0.2, -0.15) is 16.8 Å². The van der Waals surface area contributed by atoms with E-state index in [1.165, 1.54) is 48.5 Å². The normalized spacial score (nSPS) is 13.1. The Morgan fingerprint density at radius 1 is 0.852 bits per heavy atom. The van der Waals surface area contributed by atoms with Crippen molar-refractivity contribution in [3.63, 3.8) is 0 Å². The number of hydrogen-bond donors (Lipinski definition) is 0. The Bertz CT molecular complexity index is 955. The standard InChI is InChI=1S/C17H18O8S2/c1-23-17(18)16(25-27(21,22)15-10-6-3-7-11-15)12-13-24-26(19,20)14-8-4-2-5-9-14/h2-11,16H,12-13H2,1H3. The zero-order chi connectivity index (χ0) is 19.9. The number of methoxy groups -OCH3 is 1. The van der Waals surface area contributed by atoms with Gasteiger partial charge in [0.2, 0.25) is 0 Å². The molecule has 146 valence electrons. The summed E-state index contributed by atoms with van der Waals surface area (Å²) in [6.45, 7) is -0.471. The largest absolute Gasteiger partial charge is 0.467 e. The number of rotatable bonds is 9. The lowest BCUT2D eigenvalue weighted by atomic mass is 10.3. The van der Waals surface area contributed by atoms with E-state index >= 15 is 0 Å². The van der Waals surface area contributed by atoms with Crippen molar-refractivity contribution in [2.24, 2.45) is 0 Å². The maximum Gasteiger partial charge on any atom is 0.336 e. The van der Waals surface area contributed by atoms with E-state index in [0.29, 0.717) is 0 Å². The van der Waals surface area contributed by atoms with Crippen molar-refractivity contribution in [2.45, 2.75) is 22.3 Å². The minimum Gasteiger partial charge on any atom is -0.467 e. The van der Waals surface area contributed by atoms with E-state index in [1.54, 1.807) is 12.1 Å². The minimum absolute atomic E-state index is 0.0579. The average molecular weight is 414 g/mol. The summed E-state index contributed by atoms with van der Waals surface area (Å²) in [6, 6.07) is 14.6. The number of esters is 1. The van der Waals surface area contributed by atoms with Gasteiger partial charge in [0.15, 0.2) is 6.10 Å². The van der Waals surface area contributed by atoms with Gasteiger partial charge in [-0.1, -0.05) is 36.4 Å². The molecule has 0 aliphatic heterocycles. The molecule has 27 heavy (non-hydrogen) atoms. The van der Waals surface area contributed by atoms with Crippen LogP contribution in [0.15, 0.2) is 70.5 Å². The molecular weight excluding hydrogens is 396 g/mol. The van der Waals surface area contributed by atoms with Crippen LogP contribution >= 0.6 is 0 Å². The highest BCUT2D eigenvalue weighted by molar-refractivity contribution is 7.87. The van der Waals surface area contributed by atoms with Crippen molar-refractivity contribution in [2.75, 3.05) is 13.7 Å². The van der Waals surface area contributed by atoms with E-state index in [2.05, 4.69) is 4.74 Å². The van der Waals surface area contributed by atoms with Gasteiger partial charge in [0.25, 0.3) is 20.2 Å². The first kappa shape index (κ1) is 21.0. The fraction of sp³-hybridized carbons (Fsp3) is 0.235. The summed E-state index contributed by atoms with van der Waals surface area (Å²) >= 11 is 0. The number of carbonyl (C=O) groups excluding carboxylic acids is 1. The summed E-state index contributed by atoms with van der Waals surface area (Å²) in [4.78, 5) is 11.6. The molecule has 0 saturated carbocycles. The highest BCUT2D eigenvalue weighted by Gasteiger charge is 2.29. The van der Waals surface area contributed by atoms with Crippen molar-refractivity contribution in [3.05, 3.63) is 60.7 Å². The zero-order valence-corrected chi connectivity index (χ0v) is 16.0. The molecule has 2 rings (SSSR count). The van der Waals surface area contributed by atoms with Crippen LogP contribution in [-0.2, 0) is 38.1 Å². The molecule has 10 heteroatoms. The first-order valence-corrected chi connectivity index (χ1v) is 10.6. The van der Waals surface area contributed by atoms with Crippen molar-refractivity contribution in [3.8, 4) is 0 Å². The zero-order valence-electron chi connectivity index (χ0n) is 14.3. The summed E-state index contributed by atoms with van der Waals surface area (Å²) in [5, 5.41) is 0. The van der Waals surface area contributed by atoms with E-state index in [9.17, 15) is 21.6 Å². The fourth-order valence-corrected chi connectivity index (χ4v) is 4.08. The Hall–Kier alpha value is -2.27. The third-order valence-corrected chi connectivity index (χ3v) is 6.05. The first-order valence-electron chi connectivity index (χ1n) is 7.77. The van der Waals surface area contributed by atoms with Gasteiger partial charge in [-0.15, -0.1) is 0 Å². The van der Waals surface area contributed by atoms with Gasteiger partial charge in [-0.3, -0.25) is 8.37 Å². The van der Waals surface area contributed by atoms with E-state index < -0.39 is 38.9 Å². The van der Waals surface area contributed by atoms with Gasteiger partial charge in [-0.25, -0.2) is 4.79 Å². The Morgan fingerprint density at radius 2 is 1.33 bits per heavy atom. The van der Waals surface area contributed by atoms with Crippen LogP contribution in [0.2, 0.25) is 0 Å². The molecule has 0 spiro atoms. The molecule has 0 aliphatic carbocycles. The number of ether oxygens (including phenoxy) is 1. The monoisotopic (exact) mass is 414 g/mol. The highest BCUT2D eigenvalue weighted by atomic mass is 32.2. The van der Waals surface area contributed by atoms with E-state index in [1.807, 2.05) is 0 Å². The number of hydrogen-bond acceptors (Lipinski definition) is 8. The second kappa shape index (κ2) is 9.09. The second-order valence-corrected chi connectivity index (χ2v) is 8.44. The molecule has 8 nitrogen and oxygen atoms in total. The van der Waals surface area contributed by atoms with Crippen molar-refractivity contribution in [1.82, 2.24) is 0 Å². The van der Waals surface area contributed by atoms with Crippen LogP contribution in [-0.4, -0.2) is 42.6 Å². The molecule has 0 aromatic heterocycles. The van der Waals surface area contributed by atoms with E-state index in [0.717, 1.165) is 7.11 Å². The van der Waals surface area contributed by atoms with Crippen LogP contribution in [0, 0.1) is 0 Å². The highest BCUT2D eigenvalue weighted by Crippen LogP contribution is 2.17. The first-order chi connectivity index (χ1) is 12.8. The molecule has 0 heterocycles. The van der Waals surface area contributed by atoms with Crippen LogP contribution in [0.3, 0.4) is 0 Å². The maximum absolute atomic E-state index is 12.3. The Kier molecular flexibility index (Phi) is 7.08. The smallest absolute Gasteiger partial charge is 0.336 e. The van der Waals surface area contributed by atoms with Gasteiger partial charge in [-0.05, 0) is 24.3 Å². The molecule has 0 bridgehead atoms. The predicted octanol–water partition coefficient (Wildman–Crippen LogP) is 1.73. The molecule has 0 radical (unpaired) electrons. The molecule has 0 aliphatic rings. The minimum atomic E-state index is -4.24. The lowest BCUT2D eigenvalue weighted by Gasteiger charge is -2.15. The lowest BCUT2D eigenvalue weighted by Crippen LogP contribution is -2.30. The molecule has 1 atom stereocenters. The van der Waals surface area contributed by atoms with Crippen LogP contribution in [0.5, 0.6) is 0 Å². The van der Waals surface area contributed by atoms with Gasteiger partial charge < -0.3 is 4.74 Å². The summed E-state index contributed by atoms with van der Waals surface area (Å²) in [6.07, 6.45) is -1.89. The summed E-state index contributed by atoms with van der Waals surface area (Å²) in [5.41, 5.74) is 0. The quantitative estimate of drug-likeness (QED) is 0.450. The molecule has 0 saturated heterocycles. The molecule has 1 unspecified atom stereocenters. The molecule has 2 aromatic carbocycles. The van der Waals surface area contributed by atoms with Crippen molar-refractivity contribution < 1.29 is 34.7 Å². The third kappa shape index (κ3) is 5.86. The van der Waals surface area contributed by atoms with Gasteiger partial charge in [0.05, 0.1) is 23.5 Å². The third-order valence-electron chi connectivity index (χ3n) is 3.39. The lowest BCUT2D eigenvalue weighted by molar-refractivity contribution is -0.149. The summed E-state index contributed by atoms with van der Waals surface area (Å²) < 4.78 is 62.9. The van der Waals surface area contributed by atoms with E-state index in [4.69, 9.17) is 8.37 Å². The van der Waals surface area contributed by atoms with Crippen LogP contribution in [0.25, 0.3) is 0 Å². The van der Waals surface area contributed by atoms with Crippen molar-refractivity contribution >= 4 is 26.2 Å². The fourth-order valence-electron chi connectivity index (χ4n) is 2.05. The Balaban J connectivity index is 2.06. The SMILES string of the molecule is COC(=O)C(CCOS(=O)(=O)c1ccccc1)OS(=O)(=O)c1ccccc1. The van der Waals surface area contributed by atoms with E-state index in [-0.39, 0.29) is 16.2 Å². The molecule has 0 N–H and O–H groups in total. The number of benzene rings is 2. The Morgan fingerprint density at radius 3 is 1.81 bits per heavy atom. The van der Waals surface area contributed by atoms with Crippen LogP contribution < -0.4 is 0 Å². The van der Waals surface area contributed by atoms with Gasteiger partial charge in [0.1, 0.15) is 0 Å². The van der Waals surface area contributed by atoms with Gasteiger partial charge in [0, 0.05) is 6.42 Å². The summed E-state index contributed by atoms with van der Waals surface area (Å²) in [7, 11) is -7.21. The Labute approximate surface area is 157 Å². The molecule has 2 aromatic rings. The summed E-state index contributed by atoms with van der Waals surface area (Å²) in [5.74, 6) is -0.963. The molecular formula is C17H18O8S2. The van der Waals surface area contributed by atoms with Crippen LogP contribution in [0.1, 0.15) is 6.42 Å². The average Bonchev–Trinajstić information content (AvgIpc) is 2.67. The molecule has 0 fully saturated rings. The number of carbonyl (C=O) groups is 1. The van der Waals surface area contributed by atoms with Crippen LogP contribution in [0.4, 0.5) is 0 Å². The van der Waals surface area contributed by atoms with Gasteiger partial charge >= 0.3 is 5.97 Å². The molecule has 0 amide bonds. The predicted molar refractivity (Wildman–Crippen MR) is 94.7 cm³/mol. The van der Waals surface area contributed by atoms with Crippen molar-refractivity contribution in [1.29, 1.82) is 0 Å². The topological polar surface area (TPSA) is 113 Å².